The second-order valence-electron chi connectivity index (χ2n) is 3.75. The lowest BCUT2D eigenvalue weighted by molar-refractivity contribution is 0.145. The Morgan fingerprint density at radius 1 is 1.33 bits per heavy atom. The summed E-state index contributed by atoms with van der Waals surface area (Å²) in [4.78, 5) is 0. The van der Waals surface area contributed by atoms with Gasteiger partial charge in [0.25, 0.3) is 0 Å². The first kappa shape index (κ1) is 12.0. The highest BCUT2D eigenvalue weighted by Crippen LogP contribution is 2.22. The van der Waals surface area contributed by atoms with E-state index in [9.17, 15) is 5.11 Å². The van der Waals surface area contributed by atoms with Gasteiger partial charge in [0, 0.05) is 13.0 Å². The van der Waals surface area contributed by atoms with Crippen molar-refractivity contribution in [1.82, 2.24) is 0 Å². The van der Waals surface area contributed by atoms with Crippen LogP contribution in [-0.4, -0.2) is 24.4 Å². The van der Waals surface area contributed by atoms with Crippen LogP contribution in [0.2, 0.25) is 0 Å². The molecule has 1 aromatic carbocycles. The van der Waals surface area contributed by atoms with Crippen molar-refractivity contribution in [3.63, 3.8) is 0 Å². The van der Waals surface area contributed by atoms with E-state index in [-0.39, 0.29) is 6.54 Å². The maximum absolute atomic E-state index is 9.27. The van der Waals surface area contributed by atoms with Crippen molar-refractivity contribution >= 4 is 0 Å². The molecule has 0 saturated carbocycles. The Morgan fingerprint density at radius 2 is 1.93 bits per heavy atom. The molecule has 1 aromatic rings. The quantitative estimate of drug-likeness (QED) is 0.770. The van der Waals surface area contributed by atoms with Crippen molar-refractivity contribution in [3.05, 3.63) is 29.3 Å². The van der Waals surface area contributed by atoms with Crippen LogP contribution in [0.1, 0.15) is 17.5 Å². The standard InChI is InChI=1S/C12H19NO2/c1-9-4-3-5-10(2)12(9)15-7-6-11(14)8-13/h3-5,11,14H,6-8,13H2,1-2H3. The molecule has 3 nitrogen and oxygen atoms in total. The molecular formula is C12H19NO2. The normalized spacial score (nSPS) is 12.5. The lowest BCUT2D eigenvalue weighted by Crippen LogP contribution is -2.22. The lowest BCUT2D eigenvalue weighted by atomic mass is 10.1. The largest absolute Gasteiger partial charge is 0.493 e. The highest BCUT2D eigenvalue weighted by Gasteiger charge is 2.05. The van der Waals surface area contributed by atoms with Gasteiger partial charge in [-0.05, 0) is 25.0 Å². The molecule has 15 heavy (non-hydrogen) atoms. The minimum atomic E-state index is -0.464. The van der Waals surface area contributed by atoms with Gasteiger partial charge in [0.05, 0.1) is 12.7 Å². The molecule has 0 aliphatic heterocycles. The summed E-state index contributed by atoms with van der Waals surface area (Å²) in [6.07, 6.45) is 0.110. The Bertz CT molecular complexity index is 292. The molecule has 0 aromatic heterocycles. The molecule has 0 fully saturated rings. The van der Waals surface area contributed by atoms with Crippen molar-refractivity contribution < 1.29 is 9.84 Å². The molecule has 1 unspecified atom stereocenters. The van der Waals surface area contributed by atoms with Crippen molar-refractivity contribution in [2.24, 2.45) is 5.73 Å². The summed E-state index contributed by atoms with van der Waals surface area (Å²) in [6.45, 7) is 4.82. The van der Waals surface area contributed by atoms with Gasteiger partial charge < -0.3 is 15.6 Å². The maximum atomic E-state index is 9.27. The second kappa shape index (κ2) is 5.73. The van der Waals surface area contributed by atoms with E-state index in [0.29, 0.717) is 13.0 Å². The van der Waals surface area contributed by atoms with E-state index >= 15 is 0 Å². The molecule has 0 aliphatic rings. The fraction of sp³-hybridized carbons (Fsp3) is 0.500. The van der Waals surface area contributed by atoms with E-state index in [4.69, 9.17) is 10.5 Å². The molecular weight excluding hydrogens is 190 g/mol. The Morgan fingerprint density at radius 3 is 2.47 bits per heavy atom. The number of hydrogen-bond acceptors (Lipinski definition) is 3. The number of aryl methyl sites for hydroxylation is 2. The summed E-state index contributed by atoms with van der Waals surface area (Å²) in [5.41, 5.74) is 7.55. The van der Waals surface area contributed by atoms with E-state index in [1.54, 1.807) is 0 Å². The van der Waals surface area contributed by atoms with Gasteiger partial charge in [-0.1, -0.05) is 18.2 Å². The monoisotopic (exact) mass is 209 g/mol. The van der Waals surface area contributed by atoms with E-state index < -0.39 is 6.10 Å². The van der Waals surface area contributed by atoms with E-state index in [1.165, 1.54) is 0 Å². The van der Waals surface area contributed by atoms with Crippen LogP contribution in [0.3, 0.4) is 0 Å². The van der Waals surface area contributed by atoms with E-state index in [0.717, 1.165) is 16.9 Å². The first-order valence-electron chi connectivity index (χ1n) is 5.22. The minimum Gasteiger partial charge on any atom is -0.493 e. The number of ether oxygens (including phenoxy) is 1. The number of aliphatic hydroxyl groups excluding tert-OH is 1. The molecule has 3 N–H and O–H groups in total. The third-order valence-corrected chi connectivity index (χ3v) is 2.38. The molecule has 0 bridgehead atoms. The number of rotatable bonds is 5. The van der Waals surface area contributed by atoms with Crippen molar-refractivity contribution in [2.45, 2.75) is 26.4 Å². The lowest BCUT2D eigenvalue weighted by Gasteiger charge is -2.13. The van der Waals surface area contributed by atoms with E-state index in [2.05, 4.69) is 0 Å². The summed E-state index contributed by atoms with van der Waals surface area (Å²) >= 11 is 0. The molecule has 0 spiro atoms. The maximum Gasteiger partial charge on any atom is 0.125 e. The highest BCUT2D eigenvalue weighted by molar-refractivity contribution is 5.39. The molecule has 0 aliphatic carbocycles. The smallest absolute Gasteiger partial charge is 0.125 e. The average molecular weight is 209 g/mol. The zero-order chi connectivity index (χ0) is 11.3. The van der Waals surface area contributed by atoms with Crippen molar-refractivity contribution in [2.75, 3.05) is 13.2 Å². The average Bonchev–Trinajstić information content (AvgIpc) is 2.22. The molecule has 0 saturated heterocycles. The molecule has 84 valence electrons. The van der Waals surface area contributed by atoms with E-state index in [1.807, 2.05) is 32.0 Å². The van der Waals surface area contributed by atoms with Crippen LogP contribution in [0.15, 0.2) is 18.2 Å². The Labute approximate surface area is 90.9 Å². The minimum absolute atomic E-state index is 0.288. The first-order chi connectivity index (χ1) is 7.15. The summed E-state index contributed by atoms with van der Waals surface area (Å²) in [7, 11) is 0. The van der Waals surface area contributed by atoms with Crippen LogP contribution in [0.25, 0.3) is 0 Å². The summed E-state index contributed by atoms with van der Waals surface area (Å²) < 4.78 is 5.62. The van der Waals surface area contributed by atoms with Crippen molar-refractivity contribution in [1.29, 1.82) is 0 Å². The van der Waals surface area contributed by atoms with Gasteiger partial charge in [-0.2, -0.15) is 0 Å². The van der Waals surface area contributed by atoms with Crippen molar-refractivity contribution in [3.8, 4) is 5.75 Å². The summed E-state index contributed by atoms with van der Waals surface area (Å²) in [5, 5.41) is 9.27. The third-order valence-electron chi connectivity index (χ3n) is 2.38. The fourth-order valence-electron chi connectivity index (χ4n) is 1.44. The summed E-state index contributed by atoms with van der Waals surface area (Å²) in [5.74, 6) is 0.918. The topological polar surface area (TPSA) is 55.5 Å². The van der Waals surface area contributed by atoms with Gasteiger partial charge in [0.2, 0.25) is 0 Å². The van der Waals surface area contributed by atoms with Gasteiger partial charge >= 0.3 is 0 Å². The van der Waals surface area contributed by atoms with Gasteiger partial charge in [-0.15, -0.1) is 0 Å². The molecule has 3 heteroatoms. The second-order valence-corrected chi connectivity index (χ2v) is 3.75. The molecule has 1 rings (SSSR count). The zero-order valence-electron chi connectivity index (χ0n) is 9.36. The van der Waals surface area contributed by atoms with Crippen LogP contribution in [-0.2, 0) is 0 Å². The SMILES string of the molecule is Cc1cccc(C)c1OCCC(O)CN. The van der Waals surface area contributed by atoms with Gasteiger partial charge in [0.15, 0.2) is 0 Å². The first-order valence-corrected chi connectivity index (χ1v) is 5.22. The van der Waals surface area contributed by atoms with Crippen LogP contribution in [0.5, 0.6) is 5.75 Å². The Kier molecular flexibility index (Phi) is 4.59. The Balaban J connectivity index is 2.50. The number of nitrogens with two attached hydrogens (primary N) is 1. The van der Waals surface area contributed by atoms with Crippen LogP contribution in [0, 0.1) is 13.8 Å². The predicted molar refractivity (Wildman–Crippen MR) is 61.1 cm³/mol. The molecule has 1 atom stereocenters. The number of benzene rings is 1. The molecule has 0 heterocycles. The zero-order valence-corrected chi connectivity index (χ0v) is 9.36. The van der Waals surface area contributed by atoms with Crippen LogP contribution >= 0.6 is 0 Å². The molecule has 0 radical (unpaired) electrons. The summed E-state index contributed by atoms with van der Waals surface area (Å²) in [6, 6.07) is 6.04. The van der Waals surface area contributed by atoms with Crippen LogP contribution in [0.4, 0.5) is 0 Å². The Hall–Kier alpha value is -1.06. The van der Waals surface area contributed by atoms with Gasteiger partial charge in [0.1, 0.15) is 5.75 Å². The number of para-hydroxylation sites is 1. The number of hydrogen-bond donors (Lipinski definition) is 2. The van der Waals surface area contributed by atoms with Crippen LogP contribution < -0.4 is 10.5 Å². The fourth-order valence-corrected chi connectivity index (χ4v) is 1.44. The van der Waals surface area contributed by atoms with Gasteiger partial charge in [-0.3, -0.25) is 0 Å². The predicted octanol–water partition coefficient (Wildman–Crippen LogP) is 1.39. The van der Waals surface area contributed by atoms with Gasteiger partial charge in [-0.25, -0.2) is 0 Å². The highest BCUT2D eigenvalue weighted by atomic mass is 16.5. The third kappa shape index (κ3) is 3.53. The number of aliphatic hydroxyl groups is 1. The molecule has 0 amide bonds.